The average Bonchev–Trinajstić information content (AvgIpc) is 2.30. The Hall–Kier alpha value is -1.58. The Balaban J connectivity index is 2.12. The molecular weight excluding hydrogens is 206 g/mol. The van der Waals surface area contributed by atoms with E-state index in [1.165, 1.54) is 12.8 Å². The molecule has 0 amide bonds. The zero-order chi connectivity index (χ0) is 11.6. The number of carbonyl (C=O) groups is 1. The number of hydrogen-bond acceptors (Lipinski definition) is 4. The zero-order valence-electron chi connectivity index (χ0n) is 9.52. The molecule has 1 aromatic rings. The van der Waals surface area contributed by atoms with E-state index in [0.29, 0.717) is 6.61 Å². The van der Waals surface area contributed by atoms with Gasteiger partial charge in [0.2, 0.25) is 5.88 Å². The van der Waals surface area contributed by atoms with Crippen LogP contribution >= 0.6 is 0 Å². The fraction of sp³-hybridized carbons (Fsp3) is 0.500. The first kappa shape index (κ1) is 12.5. The van der Waals surface area contributed by atoms with Crippen LogP contribution in [0.4, 0.5) is 4.79 Å². The largest absolute Gasteiger partial charge is 0.515 e. The van der Waals surface area contributed by atoms with E-state index in [0.717, 1.165) is 12.8 Å². The third kappa shape index (κ3) is 5.34. The van der Waals surface area contributed by atoms with Crippen LogP contribution in [-0.4, -0.2) is 17.7 Å². The van der Waals surface area contributed by atoms with E-state index in [1.54, 1.807) is 24.4 Å². The van der Waals surface area contributed by atoms with Crippen molar-refractivity contribution in [3.8, 4) is 5.88 Å². The van der Waals surface area contributed by atoms with Crippen molar-refractivity contribution >= 4 is 6.16 Å². The Morgan fingerprint density at radius 3 is 2.88 bits per heavy atom. The molecule has 4 heteroatoms. The average molecular weight is 223 g/mol. The van der Waals surface area contributed by atoms with E-state index >= 15 is 0 Å². The summed E-state index contributed by atoms with van der Waals surface area (Å²) in [6.45, 7) is 2.54. The van der Waals surface area contributed by atoms with E-state index in [9.17, 15) is 4.79 Å². The van der Waals surface area contributed by atoms with Crippen molar-refractivity contribution in [1.29, 1.82) is 0 Å². The van der Waals surface area contributed by atoms with Crippen molar-refractivity contribution < 1.29 is 14.3 Å². The minimum absolute atomic E-state index is 0.265. The molecule has 0 radical (unpaired) electrons. The van der Waals surface area contributed by atoms with Gasteiger partial charge in [0.15, 0.2) is 0 Å². The minimum Gasteiger partial charge on any atom is -0.434 e. The standard InChI is InChI=1S/C12H17NO3/c1-2-3-4-7-10-15-12(14)16-11-8-5-6-9-13-11/h5-6,8-9H,2-4,7,10H2,1H3. The highest BCUT2D eigenvalue weighted by Crippen LogP contribution is 2.05. The molecule has 0 bridgehead atoms. The van der Waals surface area contributed by atoms with E-state index < -0.39 is 6.16 Å². The summed E-state index contributed by atoms with van der Waals surface area (Å²) >= 11 is 0. The van der Waals surface area contributed by atoms with Gasteiger partial charge >= 0.3 is 6.16 Å². The van der Waals surface area contributed by atoms with Gasteiger partial charge in [0.1, 0.15) is 0 Å². The third-order valence-corrected chi connectivity index (χ3v) is 2.04. The summed E-state index contributed by atoms with van der Waals surface area (Å²) < 4.78 is 9.74. The number of aromatic nitrogens is 1. The van der Waals surface area contributed by atoms with Crippen LogP contribution in [0.2, 0.25) is 0 Å². The maximum absolute atomic E-state index is 11.2. The second kappa shape index (κ2) is 7.68. The lowest BCUT2D eigenvalue weighted by Gasteiger charge is -2.04. The predicted molar refractivity (Wildman–Crippen MR) is 60.4 cm³/mol. The monoisotopic (exact) mass is 223 g/mol. The number of rotatable bonds is 6. The van der Waals surface area contributed by atoms with Crippen molar-refractivity contribution in [3.05, 3.63) is 24.4 Å². The highest BCUT2D eigenvalue weighted by molar-refractivity contribution is 5.62. The van der Waals surface area contributed by atoms with Gasteiger partial charge in [-0.3, -0.25) is 0 Å². The van der Waals surface area contributed by atoms with Crippen LogP contribution in [0.5, 0.6) is 5.88 Å². The summed E-state index contributed by atoms with van der Waals surface area (Å²) in [7, 11) is 0. The van der Waals surface area contributed by atoms with Gasteiger partial charge in [-0.15, -0.1) is 0 Å². The first-order chi connectivity index (χ1) is 7.83. The van der Waals surface area contributed by atoms with Crippen LogP contribution in [0.15, 0.2) is 24.4 Å². The van der Waals surface area contributed by atoms with Gasteiger partial charge < -0.3 is 9.47 Å². The molecule has 0 unspecified atom stereocenters. The number of pyridine rings is 1. The van der Waals surface area contributed by atoms with Crippen molar-refractivity contribution in [2.24, 2.45) is 0 Å². The molecule has 4 nitrogen and oxygen atoms in total. The summed E-state index contributed by atoms with van der Waals surface area (Å²) in [5, 5.41) is 0. The van der Waals surface area contributed by atoms with Crippen LogP contribution in [0.1, 0.15) is 32.6 Å². The lowest BCUT2D eigenvalue weighted by Crippen LogP contribution is -2.12. The number of unbranched alkanes of at least 4 members (excludes halogenated alkanes) is 3. The maximum Gasteiger partial charge on any atom is 0.515 e. The first-order valence-corrected chi connectivity index (χ1v) is 5.58. The molecule has 1 heterocycles. The SMILES string of the molecule is CCCCCCOC(=O)Oc1ccccn1. The minimum atomic E-state index is -0.685. The molecule has 0 N–H and O–H groups in total. The smallest absolute Gasteiger partial charge is 0.434 e. The maximum atomic E-state index is 11.2. The van der Waals surface area contributed by atoms with Gasteiger partial charge in [-0.2, -0.15) is 0 Å². The van der Waals surface area contributed by atoms with Crippen molar-refractivity contribution in [1.82, 2.24) is 4.98 Å². The Morgan fingerprint density at radius 1 is 1.31 bits per heavy atom. The fourth-order valence-electron chi connectivity index (χ4n) is 1.21. The topological polar surface area (TPSA) is 48.4 Å². The van der Waals surface area contributed by atoms with E-state index in [4.69, 9.17) is 9.47 Å². The molecule has 0 saturated heterocycles. The molecule has 1 rings (SSSR count). The Morgan fingerprint density at radius 2 is 2.19 bits per heavy atom. The summed E-state index contributed by atoms with van der Waals surface area (Å²) in [6, 6.07) is 5.11. The lowest BCUT2D eigenvalue weighted by atomic mass is 10.2. The molecule has 0 aliphatic rings. The van der Waals surface area contributed by atoms with Gasteiger partial charge in [-0.25, -0.2) is 9.78 Å². The van der Waals surface area contributed by atoms with E-state index in [2.05, 4.69) is 11.9 Å². The van der Waals surface area contributed by atoms with Crippen LogP contribution in [0, 0.1) is 0 Å². The van der Waals surface area contributed by atoms with Crippen molar-refractivity contribution in [2.75, 3.05) is 6.61 Å². The van der Waals surface area contributed by atoms with Gasteiger partial charge in [0.05, 0.1) is 6.61 Å². The molecule has 0 atom stereocenters. The van der Waals surface area contributed by atoms with Crippen molar-refractivity contribution in [3.63, 3.8) is 0 Å². The Kier molecular flexibility index (Phi) is 5.99. The van der Waals surface area contributed by atoms with Gasteiger partial charge in [0, 0.05) is 12.3 Å². The molecule has 0 spiro atoms. The zero-order valence-corrected chi connectivity index (χ0v) is 9.52. The van der Waals surface area contributed by atoms with E-state index in [1.807, 2.05) is 0 Å². The molecule has 88 valence electrons. The van der Waals surface area contributed by atoms with Crippen LogP contribution in [0.3, 0.4) is 0 Å². The summed E-state index contributed by atoms with van der Waals surface area (Å²) in [6.07, 6.45) is 5.16. The second-order valence-electron chi connectivity index (χ2n) is 3.43. The summed E-state index contributed by atoms with van der Waals surface area (Å²) in [5.41, 5.74) is 0. The number of hydrogen-bond donors (Lipinski definition) is 0. The van der Waals surface area contributed by atoms with E-state index in [-0.39, 0.29) is 5.88 Å². The fourth-order valence-corrected chi connectivity index (χ4v) is 1.21. The number of carbonyl (C=O) groups excluding carboxylic acids is 1. The number of nitrogens with zero attached hydrogens (tertiary/aromatic N) is 1. The molecule has 0 saturated carbocycles. The van der Waals surface area contributed by atoms with Gasteiger partial charge in [-0.1, -0.05) is 32.3 Å². The predicted octanol–water partition coefficient (Wildman–Crippen LogP) is 3.18. The summed E-state index contributed by atoms with van der Waals surface area (Å²) in [4.78, 5) is 15.0. The quantitative estimate of drug-likeness (QED) is 0.549. The third-order valence-electron chi connectivity index (χ3n) is 2.04. The Labute approximate surface area is 95.6 Å². The number of ether oxygens (including phenoxy) is 2. The highest BCUT2D eigenvalue weighted by Gasteiger charge is 2.05. The molecule has 0 fully saturated rings. The normalized spacial score (nSPS) is 9.81. The Bertz CT molecular complexity index is 300. The van der Waals surface area contributed by atoms with Crippen molar-refractivity contribution in [2.45, 2.75) is 32.6 Å². The highest BCUT2D eigenvalue weighted by atomic mass is 16.7. The molecular formula is C12H17NO3. The molecule has 1 aromatic heterocycles. The molecule has 16 heavy (non-hydrogen) atoms. The van der Waals surface area contributed by atoms with Gasteiger partial charge in [0.25, 0.3) is 0 Å². The van der Waals surface area contributed by atoms with Gasteiger partial charge in [-0.05, 0) is 12.5 Å². The molecule has 0 aliphatic heterocycles. The first-order valence-electron chi connectivity index (χ1n) is 5.58. The van der Waals surface area contributed by atoms with Crippen LogP contribution in [0.25, 0.3) is 0 Å². The molecule has 0 aliphatic carbocycles. The summed E-state index contributed by atoms with van der Waals surface area (Å²) in [5.74, 6) is 0.265. The second-order valence-corrected chi connectivity index (χ2v) is 3.43. The van der Waals surface area contributed by atoms with Crippen LogP contribution in [-0.2, 0) is 4.74 Å². The molecule has 0 aromatic carbocycles. The lowest BCUT2D eigenvalue weighted by molar-refractivity contribution is 0.0958. The van der Waals surface area contributed by atoms with Crippen LogP contribution < -0.4 is 4.74 Å².